The minimum atomic E-state index is -1.07. The molecule has 0 aliphatic rings. The molecule has 1 unspecified atom stereocenters. The molecular formula is C28H27ClN4O4. The molecule has 0 radical (unpaired) electrons. The minimum absolute atomic E-state index is 0.0406. The van der Waals surface area contributed by atoms with Crippen LogP contribution in [-0.4, -0.2) is 32.3 Å². The summed E-state index contributed by atoms with van der Waals surface area (Å²) in [6.45, 7) is 5.11. The van der Waals surface area contributed by atoms with Crippen LogP contribution in [0.4, 0.5) is 0 Å². The van der Waals surface area contributed by atoms with Gasteiger partial charge < -0.3 is 18.6 Å². The number of fused-ring (bicyclic) bond motifs is 1. The maximum atomic E-state index is 13.1. The Kier molecular flexibility index (Phi) is 7.95. The van der Waals surface area contributed by atoms with Gasteiger partial charge in [0.15, 0.2) is 10.8 Å². The average molecular weight is 519 g/mol. The number of esters is 2. The van der Waals surface area contributed by atoms with Crippen molar-refractivity contribution in [3.05, 3.63) is 82.5 Å². The number of para-hydroxylation sites is 1. The van der Waals surface area contributed by atoms with Crippen LogP contribution in [0, 0.1) is 11.3 Å². The lowest BCUT2D eigenvalue weighted by atomic mass is 10.1. The molecule has 4 rings (SSSR count). The molecule has 8 nitrogen and oxygen atoms in total. The highest BCUT2D eigenvalue weighted by Crippen LogP contribution is 2.28. The van der Waals surface area contributed by atoms with Gasteiger partial charge >= 0.3 is 11.9 Å². The maximum absolute atomic E-state index is 13.1. The van der Waals surface area contributed by atoms with Crippen LogP contribution in [0.3, 0.4) is 0 Å². The molecule has 0 aliphatic carbocycles. The Hall–Kier alpha value is -4.09. The normalized spacial score (nSPS) is 11.8. The van der Waals surface area contributed by atoms with Crippen LogP contribution >= 0.6 is 11.6 Å². The van der Waals surface area contributed by atoms with E-state index in [0.29, 0.717) is 24.4 Å². The van der Waals surface area contributed by atoms with Crippen molar-refractivity contribution in [2.75, 3.05) is 0 Å². The Morgan fingerprint density at radius 1 is 1.14 bits per heavy atom. The van der Waals surface area contributed by atoms with Crippen LogP contribution < -0.4 is 0 Å². The predicted molar refractivity (Wildman–Crippen MR) is 140 cm³/mol. The van der Waals surface area contributed by atoms with E-state index in [2.05, 4.69) is 18.0 Å². The number of aryl methyl sites for hydroxylation is 1. The van der Waals surface area contributed by atoms with Gasteiger partial charge in [-0.15, -0.1) is 0 Å². The second-order valence-electron chi connectivity index (χ2n) is 8.60. The monoisotopic (exact) mass is 518 g/mol. The van der Waals surface area contributed by atoms with E-state index >= 15 is 0 Å². The number of nitrogens with zero attached hydrogens (tertiary/aromatic N) is 4. The van der Waals surface area contributed by atoms with Gasteiger partial charge in [-0.25, -0.2) is 9.78 Å². The van der Waals surface area contributed by atoms with Gasteiger partial charge in [-0.1, -0.05) is 49.2 Å². The molecule has 0 saturated heterocycles. The second-order valence-corrected chi connectivity index (χ2v) is 8.96. The van der Waals surface area contributed by atoms with Gasteiger partial charge in [-0.3, -0.25) is 4.79 Å². The van der Waals surface area contributed by atoms with E-state index in [1.54, 1.807) is 10.6 Å². The van der Waals surface area contributed by atoms with Crippen molar-refractivity contribution in [1.82, 2.24) is 14.1 Å². The summed E-state index contributed by atoms with van der Waals surface area (Å²) in [6, 6.07) is 17.6. The fourth-order valence-corrected chi connectivity index (χ4v) is 4.63. The van der Waals surface area contributed by atoms with Crippen LogP contribution in [0.15, 0.2) is 54.7 Å². The molecule has 0 spiro atoms. The van der Waals surface area contributed by atoms with Gasteiger partial charge in [0.25, 0.3) is 0 Å². The van der Waals surface area contributed by atoms with Gasteiger partial charge in [-0.2, -0.15) is 5.26 Å². The molecule has 0 bridgehead atoms. The quantitative estimate of drug-likeness (QED) is 0.205. The third kappa shape index (κ3) is 5.52. The predicted octanol–water partition coefficient (Wildman–Crippen LogP) is 5.81. The number of benzene rings is 2. The summed E-state index contributed by atoms with van der Waals surface area (Å²) in [6.07, 6.45) is 3.32. The lowest BCUT2D eigenvalue weighted by Gasteiger charge is -2.16. The van der Waals surface area contributed by atoms with E-state index < -0.39 is 18.2 Å². The SMILES string of the molecule is CCCCc1nc(Cl)c(C(=O)OC(C)OC(C)=O)n1Cc1cccc2c1ccn2-c1ccccc1C#N. The molecule has 0 aliphatic heterocycles. The highest BCUT2D eigenvalue weighted by molar-refractivity contribution is 6.32. The molecule has 0 saturated carbocycles. The van der Waals surface area contributed by atoms with Crippen molar-refractivity contribution in [3.8, 4) is 11.8 Å². The summed E-state index contributed by atoms with van der Waals surface area (Å²) in [4.78, 5) is 28.8. The van der Waals surface area contributed by atoms with Gasteiger partial charge in [0.1, 0.15) is 11.9 Å². The first-order valence-corrected chi connectivity index (χ1v) is 12.4. The molecule has 190 valence electrons. The fourth-order valence-electron chi connectivity index (χ4n) is 4.35. The van der Waals surface area contributed by atoms with Crippen molar-refractivity contribution in [3.63, 3.8) is 0 Å². The van der Waals surface area contributed by atoms with Crippen molar-refractivity contribution < 1.29 is 19.1 Å². The molecule has 9 heteroatoms. The van der Waals surface area contributed by atoms with Crippen molar-refractivity contribution in [2.45, 2.75) is 52.9 Å². The molecular weight excluding hydrogens is 492 g/mol. The van der Waals surface area contributed by atoms with Crippen molar-refractivity contribution in [1.29, 1.82) is 5.26 Å². The van der Waals surface area contributed by atoms with Crippen LogP contribution in [0.5, 0.6) is 0 Å². The number of aromatic nitrogens is 3. The molecule has 1 atom stereocenters. The topological polar surface area (TPSA) is 99.1 Å². The Bertz CT molecular complexity index is 1500. The largest absolute Gasteiger partial charge is 0.426 e. The van der Waals surface area contributed by atoms with Crippen molar-refractivity contribution in [2.24, 2.45) is 0 Å². The van der Waals surface area contributed by atoms with Crippen LogP contribution in [-0.2, 0) is 27.2 Å². The van der Waals surface area contributed by atoms with E-state index in [1.807, 2.05) is 53.2 Å². The first kappa shape index (κ1) is 26.0. The van der Waals surface area contributed by atoms with Gasteiger partial charge in [0.2, 0.25) is 6.29 Å². The van der Waals surface area contributed by atoms with E-state index in [9.17, 15) is 14.9 Å². The molecule has 2 aromatic carbocycles. The Balaban J connectivity index is 1.76. The zero-order chi connectivity index (χ0) is 26.5. The smallest absolute Gasteiger partial charge is 0.361 e. The van der Waals surface area contributed by atoms with E-state index in [-0.39, 0.29) is 10.8 Å². The first-order valence-electron chi connectivity index (χ1n) is 12.1. The number of rotatable bonds is 9. The Morgan fingerprint density at radius 3 is 2.65 bits per heavy atom. The first-order chi connectivity index (χ1) is 17.8. The lowest BCUT2D eigenvalue weighted by molar-refractivity contribution is -0.162. The molecule has 0 amide bonds. The zero-order valence-electron chi connectivity index (χ0n) is 20.9. The highest BCUT2D eigenvalue weighted by atomic mass is 35.5. The number of imidazole rings is 1. The molecule has 4 aromatic rings. The summed E-state index contributed by atoms with van der Waals surface area (Å²) >= 11 is 6.44. The third-order valence-corrected chi connectivity index (χ3v) is 6.26. The van der Waals surface area contributed by atoms with Gasteiger partial charge in [0.05, 0.1) is 23.3 Å². The summed E-state index contributed by atoms with van der Waals surface area (Å²) in [7, 11) is 0. The minimum Gasteiger partial charge on any atom is -0.426 e. The number of hydrogen-bond acceptors (Lipinski definition) is 6. The van der Waals surface area contributed by atoms with E-state index in [4.69, 9.17) is 21.1 Å². The van der Waals surface area contributed by atoms with Crippen molar-refractivity contribution >= 4 is 34.4 Å². The Labute approximate surface area is 220 Å². The summed E-state index contributed by atoms with van der Waals surface area (Å²) in [5.74, 6) is -0.607. The summed E-state index contributed by atoms with van der Waals surface area (Å²) < 4.78 is 14.0. The fraction of sp³-hybridized carbons (Fsp3) is 0.286. The summed E-state index contributed by atoms with van der Waals surface area (Å²) in [5.41, 5.74) is 3.34. The number of hydrogen-bond donors (Lipinski definition) is 0. The second kappa shape index (κ2) is 11.3. The third-order valence-electron chi connectivity index (χ3n) is 5.99. The number of unbranched alkanes of at least 4 members (excludes halogenated alkanes) is 1. The van der Waals surface area contributed by atoms with Gasteiger partial charge in [-0.05, 0) is 36.2 Å². The number of halogens is 1. The van der Waals surface area contributed by atoms with Crippen LogP contribution in [0.2, 0.25) is 5.15 Å². The number of nitriles is 1. The zero-order valence-corrected chi connectivity index (χ0v) is 21.7. The molecule has 2 heterocycles. The standard InChI is InChI=1S/C28H27ClN4O4/c1-4-5-13-25-31-27(29)26(28(35)37-19(3)36-18(2)34)33(25)17-21-10-8-12-24-22(21)14-15-32(24)23-11-7-6-9-20(23)16-30/h6-12,14-15,19H,4-5,13,17H2,1-3H3. The average Bonchev–Trinajstić information content (AvgIpc) is 3.43. The molecule has 2 aromatic heterocycles. The number of carbonyl (C=O) groups is 2. The van der Waals surface area contributed by atoms with E-state index in [0.717, 1.165) is 35.0 Å². The number of carbonyl (C=O) groups excluding carboxylic acids is 2. The maximum Gasteiger partial charge on any atom is 0.361 e. The molecule has 37 heavy (non-hydrogen) atoms. The molecule has 0 N–H and O–H groups in total. The molecule has 0 fully saturated rings. The number of ether oxygens (including phenoxy) is 2. The van der Waals surface area contributed by atoms with E-state index in [1.165, 1.54) is 13.8 Å². The summed E-state index contributed by atoms with van der Waals surface area (Å²) in [5, 5.41) is 10.6. The van der Waals surface area contributed by atoms with Crippen LogP contribution in [0.1, 0.15) is 61.1 Å². The highest BCUT2D eigenvalue weighted by Gasteiger charge is 2.26. The van der Waals surface area contributed by atoms with Gasteiger partial charge in [0, 0.05) is 31.9 Å². The lowest BCUT2D eigenvalue weighted by Crippen LogP contribution is -2.23. The Morgan fingerprint density at radius 2 is 1.92 bits per heavy atom. The van der Waals surface area contributed by atoms with Crippen LogP contribution in [0.25, 0.3) is 16.6 Å².